The number of hydrogen-bond donors (Lipinski definition) is 0. The second-order valence-corrected chi connectivity index (χ2v) is 17.3. The molecular weight excluding hydrogens is 417 g/mol. The number of benzene rings is 2. The zero-order valence-electron chi connectivity index (χ0n) is 19.5. The molecule has 0 atom stereocenters. The summed E-state index contributed by atoms with van der Waals surface area (Å²) in [4.78, 5) is 28.3. The molecule has 156 valence electrons. The van der Waals surface area contributed by atoms with Gasteiger partial charge in [0.2, 0.25) is 0 Å². The van der Waals surface area contributed by atoms with E-state index in [2.05, 4.69) is 52.0 Å². The molecule has 0 aliphatic heterocycles. The zero-order valence-corrected chi connectivity index (χ0v) is 21.6. The van der Waals surface area contributed by atoms with Gasteiger partial charge in [-0.1, -0.05) is 0 Å². The van der Waals surface area contributed by atoms with Crippen LogP contribution in [-0.4, -0.2) is 22.5 Å². The first-order chi connectivity index (χ1) is 13.6. The molecule has 0 N–H and O–H groups in total. The van der Waals surface area contributed by atoms with Crippen LogP contribution in [0.4, 0.5) is 0 Å². The summed E-state index contributed by atoms with van der Waals surface area (Å²) >= 11 is -3.59. The Hall–Kier alpha value is -1.68. The summed E-state index contributed by atoms with van der Waals surface area (Å²) in [5.41, 5.74) is 8.01. The fourth-order valence-electron chi connectivity index (χ4n) is 5.09. The summed E-state index contributed by atoms with van der Waals surface area (Å²) in [6.07, 6.45) is 1.76. The van der Waals surface area contributed by atoms with E-state index >= 15 is 0 Å². The van der Waals surface area contributed by atoms with E-state index in [1.165, 1.54) is 0 Å². The summed E-state index contributed by atoms with van der Waals surface area (Å²) < 4.78 is 0.376. The van der Waals surface area contributed by atoms with Crippen LogP contribution in [-0.2, 0) is 0 Å². The molecule has 2 nitrogen and oxygen atoms in total. The van der Waals surface area contributed by atoms with Gasteiger partial charge in [-0.15, -0.1) is 0 Å². The molecule has 0 saturated carbocycles. The summed E-state index contributed by atoms with van der Waals surface area (Å²) in [5, 5.41) is 1.54. The van der Waals surface area contributed by atoms with E-state index in [1.54, 1.807) is 0 Å². The molecule has 0 saturated heterocycles. The van der Waals surface area contributed by atoms with Crippen LogP contribution < -0.4 is 0 Å². The van der Waals surface area contributed by atoms with Crippen molar-refractivity contribution in [1.29, 1.82) is 0 Å². The summed E-state index contributed by atoms with van der Waals surface area (Å²) in [6, 6.07) is 8.33. The topological polar surface area (TPSA) is 34.1 Å². The van der Waals surface area contributed by atoms with Crippen molar-refractivity contribution in [2.45, 2.75) is 78.7 Å². The Morgan fingerprint density at radius 2 is 0.897 bits per heavy atom. The van der Waals surface area contributed by atoms with Gasteiger partial charge in [0.25, 0.3) is 0 Å². The van der Waals surface area contributed by atoms with Crippen molar-refractivity contribution in [3.63, 3.8) is 0 Å². The normalized spacial score (nSPS) is 11.6. The fourth-order valence-corrected chi connectivity index (χ4v) is 15.2. The molecule has 0 fully saturated rings. The first-order valence-corrected chi connectivity index (χ1v) is 15.9. The molecular formula is C26H36GeO2. The van der Waals surface area contributed by atoms with E-state index in [-0.39, 0.29) is 9.23 Å². The molecule has 0 unspecified atom stereocenters. The van der Waals surface area contributed by atoms with Crippen LogP contribution in [0.2, 0.25) is 10.5 Å². The quantitative estimate of drug-likeness (QED) is 0.406. The monoisotopic (exact) mass is 454 g/mol. The van der Waals surface area contributed by atoms with E-state index in [4.69, 9.17) is 0 Å². The molecule has 0 amide bonds. The maximum atomic E-state index is 14.2. The van der Waals surface area contributed by atoms with Gasteiger partial charge in [-0.05, 0) is 0 Å². The average molecular weight is 453 g/mol. The van der Waals surface area contributed by atoms with Gasteiger partial charge in [-0.3, -0.25) is 0 Å². The van der Waals surface area contributed by atoms with E-state index in [0.29, 0.717) is 0 Å². The minimum atomic E-state index is -3.59. The number of rotatable bonds is 8. The van der Waals surface area contributed by atoms with Crippen molar-refractivity contribution in [3.8, 4) is 0 Å². The molecule has 2 aromatic rings. The Labute approximate surface area is 179 Å². The van der Waals surface area contributed by atoms with Gasteiger partial charge >= 0.3 is 180 Å². The minimum absolute atomic E-state index is 0.188. The van der Waals surface area contributed by atoms with E-state index in [9.17, 15) is 9.59 Å². The predicted octanol–water partition coefficient (Wildman–Crippen LogP) is 6.95. The number of carbonyl (C=O) groups is 2. The fraction of sp³-hybridized carbons (Fsp3) is 0.462. The van der Waals surface area contributed by atoms with Crippen LogP contribution in [0, 0.1) is 41.5 Å². The molecule has 0 bridgehead atoms. The third kappa shape index (κ3) is 4.58. The molecule has 3 heteroatoms. The van der Waals surface area contributed by atoms with Crippen LogP contribution in [0.3, 0.4) is 0 Å². The number of hydrogen-bond acceptors (Lipinski definition) is 2. The molecule has 2 aromatic carbocycles. The van der Waals surface area contributed by atoms with Crippen LogP contribution in [0.1, 0.15) is 80.8 Å². The Bertz CT molecular complexity index is 816. The van der Waals surface area contributed by atoms with E-state index in [1.807, 2.05) is 27.7 Å². The van der Waals surface area contributed by atoms with Crippen LogP contribution in [0.25, 0.3) is 0 Å². The molecule has 0 aromatic heterocycles. The predicted molar refractivity (Wildman–Crippen MR) is 126 cm³/mol. The van der Waals surface area contributed by atoms with Gasteiger partial charge in [-0.2, -0.15) is 0 Å². The third-order valence-corrected chi connectivity index (χ3v) is 16.4. The second-order valence-electron chi connectivity index (χ2n) is 8.79. The SMILES string of the molecule is CC[CH2][Ge]([CH2]CC)([C](=O)c1c(C)cc(C)cc1C)[C](=O)c1c(C)cc(C)cc1C. The molecule has 0 radical (unpaired) electrons. The molecule has 0 spiro atoms. The first kappa shape index (κ1) is 23.6. The zero-order chi connectivity index (χ0) is 21.9. The van der Waals surface area contributed by atoms with Gasteiger partial charge in [-0.25, -0.2) is 0 Å². The third-order valence-electron chi connectivity index (χ3n) is 6.03. The Morgan fingerprint density at radius 1 is 0.621 bits per heavy atom. The summed E-state index contributed by atoms with van der Waals surface area (Å²) in [7, 11) is 0. The van der Waals surface area contributed by atoms with Gasteiger partial charge in [0.05, 0.1) is 0 Å². The van der Waals surface area contributed by atoms with Crippen LogP contribution >= 0.6 is 0 Å². The molecule has 0 aliphatic rings. The van der Waals surface area contributed by atoms with Gasteiger partial charge in [0.1, 0.15) is 0 Å². The van der Waals surface area contributed by atoms with E-state index < -0.39 is 13.3 Å². The number of aryl methyl sites for hydroxylation is 6. The summed E-state index contributed by atoms with van der Waals surface area (Å²) in [6.45, 7) is 16.4. The molecule has 0 heterocycles. The van der Waals surface area contributed by atoms with Crippen molar-refractivity contribution in [3.05, 3.63) is 68.8 Å². The molecule has 29 heavy (non-hydrogen) atoms. The Morgan fingerprint density at radius 3 is 1.14 bits per heavy atom. The maximum absolute atomic E-state index is 14.2. The Kier molecular flexibility index (Phi) is 7.67. The summed E-state index contributed by atoms with van der Waals surface area (Å²) in [5.74, 6) is 0. The first-order valence-electron chi connectivity index (χ1n) is 10.8. The Balaban J connectivity index is 2.75. The second kappa shape index (κ2) is 9.42. The van der Waals surface area contributed by atoms with Crippen molar-refractivity contribution >= 4 is 22.5 Å². The van der Waals surface area contributed by atoms with Crippen LogP contribution in [0.15, 0.2) is 24.3 Å². The number of carbonyl (C=O) groups excluding carboxylic acids is 2. The van der Waals surface area contributed by atoms with Crippen LogP contribution in [0.5, 0.6) is 0 Å². The van der Waals surface area contributed by atoms with Gasteiger partial charge in [0, 0.05) is 0 Å². The van der Waals surface area contributed by atoms with Gasteiger partial charge in [0.15, 0.2) is 0 Å². The van der Waals surface area contributed by atoms with E-state index in [0.717, 1.165) is 67.9 Å². The van der Waals surface area contributed by atoms with Crippen molar-refractivity contribution in [2.75, 3.05) is 0 Å². The van der Waals surface area contributed by atoms with Gasteiger partial charge < -0.3 is 0 Å². The van der Waals surface area contributed by atoms with Crippen molar-refractivity contribution in [1.82, 2.24) is 0 Å². The van der Waals surface area contributed by atoms with Crippen molar-refractivity contribution in [2.24, 2.45) is 0 Å². The van der Waals surface area contributed by atoms with Crippen molar-refractivity contribution < 1.29 is 9.59 Å². The molecule has 2 rings (SSSR count). The molecule has 0 aliphatic carbocycles. The standard InChI is InChI=1S/C26H36GeO2/c1-9-11-27(12-10-2,25(28)23-19(5)13-17(3)14-20(23)6)26(29)24-21(7)15-18(4)16-22(24)8/h13-16H,9-12H2,1-8H3. The average Bonchev–Trinajstić information content (AvgIpc) is 2.59.